The SMILES string of the molecule is CCNC(=NCC(C)c1ccc(C)cc1)N(C)CCC1CCOCC1. The van der Waals surface area contributed by atoms with Crippen molar-refractivity contribution in [1.82, 2.24) is 10.2 Å². The Labute approximate surface area is 153 Å². The molecule has 4 heteroatoms. The van der Waals surface area contributed by atoms with Gasteiger partial charge in [0.1, 0.15) is 0 Å². The van der Waals surface area contributed by atoms with Gasteiger partial charge in [0.25, 0.3) is 0 Å². The molecule has 0 spiro atoms. The van der Waals surface area contributed by atoms with Crippen LogP contribution in [-0.2, 0) is 4.74 Å². The van der Waals surface area contributed by atoms with Crippen molar-refractivity contribution in [3.05, 3.63) is 35.4 Å². The van der Waals surface area contributed by atoms with Crippen molar-refractivity contribution in [2.24, 2.45) is 10.9 Å². The van der Waals surface area contributed by atoms with Gasteiger partial charge in [-0.1, -0.05) is 36.8 Å². The van der Waals surface area contributed by atoms with E-state index in [-0.39, 0.29) is 0 Å². The highest BCUT2D eigenvalue weighted by Gasteiger charge is 2.15. The predicted octanol–water partition coefficient (Wildman–Crippen LogP) is 3.81. The van der Waals surface area contributed by atoms with Crippen LogP contribution in [0.25, 0.3) is 0 Å². The smallest absolute Gasteiger partial charge is 0.193 e. The van der Waals surface area contributed by atoms with E-state index in [1.807, 2.05) is 0 Å². The minimum Gasteiger partial charge on any atom is -0.381 e. The lowest BCUT2D eigenvalue weighted by atomic mass is 9.96. The molecule has 25 heavy (non-hydrogen) atoms. The van der Waals surface area contributed by atoms with Gasteiger partial charge in [0.2, 0.25) is 0 Å². The minimum atomic E-state index is 0.429. The van der Waals surface area contributed by atoms with Gasteiger partial charge in [0, 0.05) is 45.8 Å². The highest BCUT2D eigenvalue weighted by molar-refractivity contribution is 5.79. The zero-order valence-electron chi connectivity index (χ0n) is 16.4. The summed E-state index contributed by atoms with van der Waals surface area (Å²) >= 11 is 0. The normalized spacial score (nSPS) is 17.4. The van der Waals surface area contributed by atoms with E-state index in [1.165, 1.54) is 30.4 Å². The fourth-order valence-electron chi connectivity index (χ4n) is 3.21. The second-order valence-electron chi connectivity index (χ2n) is 7.27. The van der Waals surface area contributed by atoms with Gasteiger partial charge in [-0.25, -0.2) is 0 Å². The van der Waals surface area contributed by atoms with E-state index in [1.54, 1.807) is 0 Å². The number of aryl methyl sites for hydroxylation is 1. The monoisotopic (exact) mass is 345 g/mol. The lowest BCUT2D eigenvalue weighted by molar-refractivity contribution is 0.0625. The number of hydrogen-bond donors (Lipinski definition) is 1. The molecule has 0 bridgehead atoms. The maximum absolute atomic E-state index is 5.46. The number of ether oxygens (including phenoxy) is 1. The van der Waals surface area contributed by atoms with Crippen LogP contribution < -0.4 is 5.32 Å². The third-order valence-corrected chi connectivity index (χ3v) is 5.07. The summed E-state index contributed by atoms with van der Waals surface area (Å²) in [5.41, 5.74) is 2.66. The quantitative estimate of drug-likeness (QED) is 0.603. The average Bonchev–Trinajstić information content (AvgIpc) is 2.64. The molecule has 0 amide bonds. The third kappa shape index (κ3) is 6.69. The third-order valence-electron chi connectivity index (χ3n) is 5.07. The van der Waals surface area contributed by atoms with Crippen LogP contribution >= 0.6 is 0 Å². The Morgan fingerprint density at radius 1 is 1.28 bits per heavy atom. The van der Waals surface area contributed by atoms with Gasteiger partial charge in [0.15, 0.2) is 5.96 Å². The summed E-state index contributed by atoms with van der Waals surface area (Å²) in [5.74, 6) is 2.25. The van der Waals surface area contributed by atoms with Gasteiger partial charge in [0.05, 0.1) is 0 Å². The Morgan fingerprint density at radius 2 is 1.96 bits per heavy atom. The summed E-state index contributed by atoms with van der Waals surface area (Å²) in [6.07, 6.45) is 3.62. The summed E-state index contributed by atoms with van der Waals surface area (Å²) < 4.78 is 5.46. The van der Waals surface area contributed by atoms with Crippen molar-refractivity contribution >= 4 is 5.96 Å². The average molecular weight is 346 g/mol. The molecule has 1 unspecified atom stereocenters. The van der Waals surface area contributed by atoms with Gasteiger partial charge in [-0.2, -0.15) is 0 Å². The Bertz CT molecular complexity index is 520. The number of benzene rings is 1. The van der Waals surface area contributed by atoms with Crippen LogP contribution in [0.2, 0.25) is 0 Å². The van der Waals surface area contributed by atoms with Crippen molar-refractivity contribution in [1.29, 1.82) is 0 Å². The van der Waals surface area contributed by atoms with Crippen molar-refractivity contribution < 1.29 is 4.74 Å². The number of rotatable bonds is 7. The van der Waals surface area contributed by atoms with E-state index in [0.29, 0.717) is 5.92 Å². The van der Waals surface area contributed by atoms with Crippen molar-refractivity contribution in [2.75, 3.05) is 39.9 Å². The molecule has 1 aliphatic rings. The molecular weight excluding hydrogens is 310 g/mol. The van der Waals surface area contributed by atoms with Crippen LogP contribution in [0.3, 0.4) is 0 Å². The maximum atomic E-state index is 5.46. The number of guanidine groups is 1. The summed E-state index contributed by atoms with van der Waals surface area (Å²) in [5, 5.41) is 3.44. The molecule has 0 radical (unpaired) electrons. The second-order valence-corrected chi connectivity index (χ2v) is 7.27. The number of hydrogen-bond acceptors (Lipinski definition) is 2. The molecule has 2 rings (SSSR count). The van der Waals surface area contributed by atoms with E-state index >= 15 is 0 Å². The van der Waals surface area contributed by atoms with Gasteiger partial charge in [-0.3, -0.25) is 4.99 Å². The molecule has 0 saturated carbocycles. The number of nitrogens with one attached hydrogen (secondary N) is 1. The highest BCUT2D eigenvalue weighted by Crippen LogP contribution is 2.19. The summed E-state index contributed by atoms with van der Waals surface area (Å²) in [6.45, 7) is 11.1. The van der Waals surface area contributed by atoms with Crippen molar-refractivity contribution in [2.45, 2.75) is 46.0 Å². The largest absolute Gasteiger partial charge is 0.381 e. The molecule has 0 aliphatic carbocycles. The Kier molecular flexibility index (Phi) is 8.26. The van der Waals surface area contributed by atoms with Gasteiger partial charge in [-0.05, 0) is 44.6 Å². The van der Waals surface area contributed by atoms with Crippen molar-refractivity contribution in [3.8, 4) is 0 Å². The van der Waals surface area contributed by atoms with E-state index in [4.69, 9.17) is 9.73 Å². The van der Waals surface area contributed by atoms with Crippen LogP contribution in [0.15, 0.2) is 29.3 Å². The van der Waals surface area contributed by atoms with Gasteiger partial charge in [-0.15, -0.1) is 0 Å². The molecule has 1 saturated heterocycles. The topological polar surface area (TPSA) is 36.9 Å². The number of aliphatic imine (C=N–C) groups is 1. The highest BCUT2D eigenvalue weighted by atomic mass is 16.5. The molecule has 1 aromatic rings. The van der Waals surface area contributed by atoms with Crippen LogP contribution in [0.1, 0.15) is 50.2 Å². The zero-order chi connectivity index (χ0) is 18.1. The van der Waals surface area contributed by atoms with Gasteiger partial charge < -0.3 is 15.0 Å². The maximum Gasteiger partial charge on any atom is 0.193 e. The summed E-state index contributed by atoms with van der Waals surface area (Å²) in [7, 11) is 2.15. The van der Waals surface area contributed by atoms with E-state index in [9.17, 15) is 0 Å². The fraction of sp³-hybridized carbons (Fsp3) is 0.667. The molecule has 1 heterocycles. The lowest BCUT2D eigenvalue weighted by Gasteiger charge is -2.27. The number of nitrogens with zero attached hydrogens (tertiary/aromatic N) is 2. The molecular formula is C21H35N3O. The van der Waals surface area contributed by atoms with Crippen LogP contribution in [0.5, 0.6) is 0 Å². The Morgan fingerprint density at radius 3 is 2.60 bits per heavy atom. The predicted molar refractivity (Wildman–Crippen MR) is 106 cm³/mol. The van der Waals surface area contributed by atoms with E-state index < -0.39 is 0 Å². The first-order valence-electron chi connectivity index (χ1n) is 9.74. The van der Waals surface area contributed by atoms with Crippen LogP contribution in [0, 0.1) is 12.8 Å². The standard InChI is InChI=1S/C21H35N3O/c1-5-22-21(24(4)13-10-19-11-14-25-15-12-19)23-16-18(3)20-8-6-17(2)7-9-20/h6-9,18-19H,5,10-16H2,1-4H3,(H,22,23). The zero-order valence-corrected chi connectivity index (χ0v) is 16.4. The molecule has 4 nitrogen and oxygen atoms in total. The molecule has 140 valence electrons. The summed E-state index contributed by atoms with van der Waals surface area (Å²) in [4.78, 5) is 7.16. The van der Waals surface area contributed by atoms with E-state index in [2.05, 4.69) is 62.3 Å². The first kappa shape index (κ1) is 19.8. The molecule has 1 N–H and O–H groups in total. The van der Waals surface area contributed by atoms with E-state index in [0.717, 1.165) is 44.7 Å². The Hall–Kier alpha value is -1.55. The minimum absolute atomic E-state index is 0.429. The molecule has 1 aromatic carbocycles. The lowest BCUT2D eigenvalue weighted by Crippen LogP contribution is -2.40. The molecule has 1 atom stereocenters. The van der Waals surface area contributed by atoms with Crippen molar-refractivity contribution in [3.63, 3.8) is 0 Å². The first-order valence-corrected chi connectivity index (χ1v) is 9.74. The molecule has 1 fully saturated rings. The summed E-state index contributed by atoms with van der Waals surface area (Å²) in [6, 6.07) is 8.80. The second kappa shape index (κ2) is 10.4. The van der Waals surface area contributed by atoms with Gasteiger partial charge >= 0.3 is 0 Å². The molecule has 1 aliphatic heterocycles. The van der Waals surface area contributed by atoms with Crippen LogP contribution in [-0.4, -0.2) is 50.8 Å². The Balaban J connectivity index is 1.88. The fourth-order valence-corrected chi connectivity index (χ4v) is 3.21. The first-order chi connectivity index (χ1) is 12.1. The van der Waals surface area contributed by atoms with Crippen LogP contribution in [0.4, 0.5) is 0 Å². The molecule has 0 aromatic heterocycles.